The van der Waals surface area contributed by atoms with E-state index in [4.69, 9.17) is 0 Å². The van der Waals surface area contributed by atoms with Crippen molar-refractivity contribution in [3.63, 3.8) is 0 Å². The molecule has 0 atom stereocenters. The van der Waals surface area contributed by atoms with Gasteiger partial charge in [-0.2, -0.15) is 5.10 Å². The summed E-state index contributed by atoms with van der Waals surface area (Å²) in [6.45, 7) is 1.91. The largest absolute Gasteiger partial charge is 0.477 e. The molecular formula is C21H17F2N3O3. The number of nitrogens with zero attached hydrogens (tertiary/aromatic N) is 2. The number of nitrogens with one attached hydrogen (secondary N) is 1. The van der Waals surface area contributed by atoms with Gasteiger partial charge in [0, 0.05) is 19.0 Å². The van der Waals surface area contributed by atoms with E-state index in [2.05, 4.69) is 10.5 Å². The number of hydrazone groups is 1. The second-order valence-corrected chi connectivity index (χ2v) is 6.17. The molecule has 0 saturated heterocycles. The number of anilines is 1. The Hall–Kier alpha value is -3.81. The van der Waals surface area contributed by atoms with E-state index in [0.717, 1.165) is 18.3 Å². The van der Waals surface area contributed by atoms with Crippen molar-refractivity contribution in [1.29, 1.82) is 0 Å². The third-order valence-electron chi connectivity index (χ3n) is 4.21. The number of rotatable bonds is 6. The van der Waals surface area contributed by atoms with Crippen LogP contribution in [-0.2, 0) is 6.54 Å². The van der Waals surface area contributed by atoms with Gasteiger partial charge in [0.05, 0.1) is 16.6 Å². The van der Waals surface area contributed by atoms with E-state index in [1.807, 2.05) is 13.0 Å². The minimum atomic E-state index is -1.51. The second-order valence-electron chi connectivity index (χ2n) is 6.17. The van der Waals surface area contributed by atoms with Crippen molar-refractivity contribution in [2.45, 2.75) is 13.5 Å². The molecule has 0 aliphatic rings. The Morgan fingerprint density at radius 3 is 2.52 bits per heavy atom. The molecule has 1 heterocycles. The van der Waals surface area contributed by atoms with Crippen LogP contribution in [0.1, 0.15) is 22.8 Å². The molecule has 0 aliphatic carbocycles. The topological polar surface area (TPSA) is 83.7 Å². The van der Waals surface area contributed by atoms with Crippen LogP contribution in [0.3, 0.4) is 0 Å². The van der Waals surface area contributed by atoms with Crippen molar-refractivity contribution in [3.8, 4) is 0 Å². The summed E-state index contributed by atoms with van der Waals surface area (Å²) >= 11 is 0. The highest BCUT2D eigenvalue weighted by Gasteiger charge is 2.20. The Bertz CT molecular complexity index is 1180. The molecular weight excluding hydrogens is 380 g/mol. The number of halogens is 2. The first-order valence-electron chi connectivity index (χ1n) is 8.66. The summed E-state index contributed by atoms with van der Waals surface area (Å²) in [6, 6.07) is 8.65. The summed E-state index contributed by atoms with van der Waals surface area (Å²) in [6.07, 6.45) is 6.21. The van der Waals surface area contributed by atoms with Crippen LogP contribution in [-0.4, -0.2) is 21.9 Å². The maximum Gasteiger partial charge on any atom is 0.341 e. The number of carboxylic acids is 1. The SMILES string of the molecule is C/C=C\C=N/Nc1ccc(Cn2cc(C(=O)O)c(=O)c3c(F)ccc(F)c32)cc1. The molecule has 0 spiro atoms. The molecule has 148 valence electrons. The monoisotopic (exact) mass is 397 g/mol. The van der Waals surface area contributed by atoms with Crippen LogP contribution in [0.15, 0.2) is 64.6 Å². The average Bonchev–Trinajstić information content (AvgIpc) is 2.70. The summed E-state index contributed by atoms with van der Waals surface area (Å²) in [4.78, 5) is 23.7. The number of allylic oxidation sites excluding steroid dienone is 2. The maximum atomic E-state index is 14.4. The van der Waals surface area contributed by atoms with Gasteiger partial charge in [0.25, 0.3) is 0 Å². The van der Waals surface area contributed by atoms with E-state index in [1.54, 1.807) is 36.6 Å². The zero-order valence-electron chi connectivity index (χ0n) is 15.4. The molecule has 0 saturated carbocycles. The lowest BCUT2D eigenvalue weighted by atomic mass is 10.1. The molecule has 1 aromatic heterocycles. The smallest absolute Gasteiger partial charge is 0.341 e. The predicted octanol–water partition coefficient (Wildman–Crippen LogP) is 4.00. The summed E-state index contributed by atoms with van der Waals surface area (Å²) in [5.74, 6) is -3.29. The highest BCUT2D eigenvalue weighted by molar-refractivity contribution is 5.93. The van der Waals surface area contributed by atoms with Crippen LogP contribution >= 0.6 is 0 Å². The fourth-order valence-corrected chi connectivity index (χ4v) is 2.85. The van der Waals surface area contributed by atoms with Crippen molar-refractivity contribution >= 4 is 28.8 Å². The van der Waals surface area contributed by atoms with Crippen LogP contribution in [0, 0.1) is 11.6 Å². The summed E-state index contributed by atoms with van der Waals surface area (Å²) < 4.78 is 29.8. The van der Waals surface area contributed by atoms with E-state index < -0.39 is 34.0 Å². The van der Waals surface area contributed by atoms with E-state index >= 15 is 0 Å². The number of hydrogen-bond donors (Lipinski definition) is 2. The van der Waals surface area contributed by atoms with Gasteiger partial charge >= 0.3 is 5.97 Å². The Balaban J connectivity index is 2.02. The zero-order valence-corrected chi connectivity index (χ0v) is 15.4. The summed E-state index contributed by atoms with van der Waals surface area (Å²) in [5.41, 5.74) is 2.27. The molecule has 3 aromatic rings. The number of pyridine rings is 1. The first-order valence-corrected chi connectivity index (χ1v) is 8.66. The molecule has 6 nitrogen and oxygen atoms in total. The minimum Gasteiger partial charge on any atom is -0.477 e. The molecule has 0 radical (unpaired) electrons. The van der Waals surface area contributed by atoms with E-state index in [0.29, 0.717) is 11.3 Å². The first-order chi connectivity index (χ1) is 13.9. The average molecular weight is 397 g/mol. The number of hydrogen-bond acceptors (Lipinski definition) is 4. The predicted molar refractivity (Wildman–Crippen MR) is 108 cm³/mol. The number of carboxylic acid groups (broad SMARTS) is 1. The highest BCUT2D eigenvalue weighted by atomic mass is 19.1. The fourth-order valence-electron chi connectivity index (χ4n) is 2.85. The number of aromatic carboxylic acids is 1. The third-order valence-corrected chi connectivity index (χ3v) is 4.21. The van der Waals surface area contributed by atoms with E-state index in [1.165, 1.54) is 4.57 Å². The van der Waals surface area contributed by atoms with Crippen molar-refractivity contribution in [2.24, 2.45) is 5.10 Å². The Morgan fingerprint density at radius 2 is 1.86 bits per heavy atom. The van der Waals surface area contributed by atoms with Gasteiger partial charge in [0.1, 0.15) is 17.2 Å². The molecule has 2 aromatic carbocycles. The molecule has 0 unspecified atom stereocenters. The van der Waals surface area contributed by atoms with Crippen molar-refractivity contribution < 1.29 is 18.7 Å². The van der Waals surface area contributed by atoms with Crippen molar-refractivity contribution in [3.05, 3.63) is 87.7 Å². The van der Waals surface area contributed by atoms with Gasteiger partial charge in [-0.3, -0.25) is 10.2 Å². The number of carbonyl (C=O) groups is 1. The highest BCUT2D eigenvalue weighted by Crippen LogP contribution is 2.21. The number of fused-ring (bicyclic) bond motifs is 1. The maximum absolute atomic E-state index is 14.4. The van der Waals surface area contributed by atoms with Crippen LogP contribution in [0.25, 0.3) is 10.9 Å². The van der Waals surface area contributed by atoms with Crippen LogP contribution in [0.5, 0.6) is 0 Å². The molecule has 0 bridgehead atoms. The Morgan fingerprint density at radius 1 is 1.17 bits per heavy atom. The van der Waals surface area contributed by atoms with Gasteiger partial charge in [0.15, 0.2) is 0 Å². The molecule has 8 heteroatoms. The van der Waals surface area contributed by atoms with Gasteiger partial charge < -0.3 is 9.67 Å². The quantitative estimate of drug-likeness (QED) is 0.486. The van der Waals surface area contributed by atoms with Crippen molar-refractivity contribution in [2.75, 3.05) is 5.43 Å². The second kappa shape index (κ2) is 8.47. The zero-order chi connectivity index (χ0) is 21.0. The normalized spacial score (nSPS) is 11.6. The lowest BCUT2D eigenvalue weighted by molar-refractivity contribution is 0.0695. The fraction of sp³-hybridized carbons (Fsp3) is 0.0952. The molecule has 0 amide bonds. The molecule has 0 aliphatic heterocycles. The third kappa shape index (κ3) is 4.21. The van der Waals surface area contributed by atoms with Gasteiger partial charge in [-0.05, 0) is 42.8 Å². The Labute approximate surface area is 164 Å². The first kappa shape index (κ1) is 19.9. The Kier molecular flexibility index (Phi) is 5.82. The van der Waals surface area contributed by atoms with Gasteiger partial charge in [-0.25, -0.2) is 13.6 Å². The number of benzene rings is 2. The minimum absolute atomic E-state index is 0.0412. The van der Waals surface area contributed by atoms with E-state index in [9.17, 15) is 23.5 Å². The van der Waals surface area contributed by atoms with Gasteiger partial charge in [-0.1, -0.05) is 18.2 Å². The molecule has 0 fully saturated rings. The summed E-state index contributed by atoms with van der Waals surface area (Å²) in [7, 11) is 0. The van der Waals surface area contributed by atoms with Gasteiger partial charge in [-0.15, -0.1) is 0 Å². The summed E-state index contributed by atoms with van der Waals surface area (Å²) in [5, 5.41) is 12.7. The van der Waals surface area contributed by atoms with Crippen molar-refractivity contribution in [1.82, 2.24) is 4.57 Å². The van der Waals surface area contributed by atoms with Crippen LogP contribution in [0.2, 0.25) is 0 Å². The van der Waals surface area contributed by atoms with E-state index in [-0.39, 0.29) is 12.1 Å². The molecule has 29 heavy (non-hydrogen) atoms. The standard InChI is InChI=1S/C21H17F2N3O3/c1-2-3-10-24-25-14-6-4-13(5-7-14)11-26-12-15(21(28)29)20(27)18-16(22)8-9-17(23)19(18)26/h2-10,12,25H,11H2,1H3,(H,28,29)/b3-2-,24-10-. The van der Waals surface area contributed by atoms with Crippen LogP contribution < -0.4 is 10.9 Å². The lowest BCUT2D eigenvalue weighted by Gasteiger charge is -2.14. The van der Waals surface area contributed by atoms with Crippen LogP contribution in [0.4, 0.5) is 14.5 Å². The molecule has 3 rings (SSSR count). The molecule has 2 N–H and O–H groups in total. The number of aromatic nitrogens is 1. The van der Waals surface area contributed by atoms with Gasteiger partial charge in [0.2, 0.25) is 5.43 Å². The lowest BCUT2D eigenvalue weighted by Crippen LogP contribution is -2.21.